The number of Topliss-reactive ketones (excluding diaryl/α,β-unsaturated/α-hetero) is 1. The summed E-state index contributed by atoms with van der Waals surface area (Å²) >= 11 is 0. The van der Waals surface area contributed by atoms with E-state index >= 15 is 0 Å². The number of alkyl halides is 3. The molecule has 0 aliphatic rings. The van der Waals surface area contributed by atoms with E-state index in [2.05, 4.69) is 0 Å². The number of rotatable bonds is 4. The first kappa shape index (κ1) is 16.7. The summed E-state index contributed by atoms with van der Waals surface area (Å²) in [5.74, 6) is -1.45. The van der Waals surface area contributed by atoms with Crippen LogP contribution in [0.5, 0.6) is 0 Å². The minimum atomic E-state index is -4.55. The van der Waals surface area contributed by atoms with E-state index in [1.54, 1.807) is 0 Å². The molecule has 23 heavy (non-hydrogen) atoms. The third-order valence-electron chi connectivity index (χ3n) is 3.31. The number of aliphatic carboxylic acids is 1. The summed E-state index contributed by atoms with van der Waals surface area (Å²) < 4.78 is 38.9. The molecule has 0 fully saturated rings. The van der Waals surface area contributed by atoms with Crippen molar-refractivity contribution in [1.29, 1.82) is 0 Å². The van der Waals surface area contributed by atoms with E-state index in [1.165, 1.54) is 37.3 Å². The smallest absolute Gasteiger partial charge is 0.416 e. The van der Waals surface area contributed by atoms with Crippen molar-refractivity contribution < 1.29 is 27.9 Å². The molecule has 0 radical (unpaired) electrons. The van der Waals surface area contributed by atoms with Gasteiger partial charge < -0.3 is 5.11 Å². The molecule has 0 aromatic heterocycles. The van der Waals surface area contributed by atoms with Gasteiger partial charge in [0.25, 0.3) is 0 Å². The quantitative estimate of drug-likeness (QED) is 0.858. The van der Waals surface area contributed by atoms with Gasteiger partial charge in [-0.25, -0.2) is 0 Å². The number of benzene rings is 2. The van der Waals surface area contributed by atoms with Crippen molar-refractivity contribution in [3.05, 3.63) is 59.2 Å². The maximum absolute atomic E-state index is 13.0. The summed E-state index contributed by atoms with van der Waals surface area (Å²) in [6.07, 6.45) is -4.72. The molecule has 1 N–H and O–H groups in total. The Labute approximate surface area is 130 Å². The molecule has 6 heteroatoms. The Morgan fingerprint density at radius 1 is 1.00 bits per heavy atom. The fourth-order valence-electron chi connectivity index (χ4n) is 2.15. The number of carboxylic acid groups (broad SMARTS) is 1. The highest BCUT2D eigenvalue weighted by Crippen LogP contribution is 2.33. The molecule has 0 bridgehead atoms. The molecule has 0 heterocycles. The van der Waals surface area contributed by atoms with Gasteiger partial charge >= 0.3 is 12.1 Å². The average Bonchev–Trinajstić information content (AvgIpc) is 2.46. The molecule has 0 aliphatic carbocycles. The van der Waals surface area contributed by atoms with Crippen molar-refractivity contribution in [2.75, 3.05) is 0 Å². The molecule has 2 aromatic carbocycles. The van der Waals surface area contributed by atoms with E-state index in [1.807, 2.05) is 0 Å². The van der Waals surface area contributed by atoms with Crippen LogP contribution in [-0.4, -0.2) is 16.9 Å². The normalized spacial score (nSPS) is 11.3. The second-order valence-corrected chi connectivity index (χ2v) is 5.12. The number of carbonyl (C=O) groups is 2. The van der Waals surface area contributed by atoms with E-state index in [0.717, 1.165) is 12.1 Å². The molecule has 0 unspecified atom stereocenters. The molecule has 0 saturated carbocycles. The zero-order chi connectivity index (χ0) is 17.2. The summed E-state index contributed by atoms with van der Waals surface area (Å²) in [6.45, 7) is 1.20. The molecular weight excluding hydrogens is 309 g/mol. The minimum Gasteiger partial charge on any atom is -0.481 e. The zero-order valence-electron chi connectivity index (χ0n) is 12.1. The number of hydrogen-bond donors (Lipinski definition) is 1. The predicted octanol–water partition coefficient (Wildman–Crippen LogP) is 4.20. The molecule has 0 spiro atoms. The lowest BCUT2D eigenvalue weighted by atomic mass is 9.97. The maximum Gasteiger partial charge on any atom is 0.416 e. The van der Waals surface area contributed by atoms with Crippen LogP contribution in [0.1, 0.15) is 28.4 Å². The van der Waals surface area contributed by atoms with Crippen LogP contribution in [0, 0.1) is 0 Å². The van der Waals surface area contributed by atoms with Gasteiger partial charge in [0.2, 0.25) is 0 Å². The number of carboxylic acids is 1. The Morgan fingerprint density at radius 3 is 2.09 bits per heavy atom. The van der Waals surface area contributed by atoms with Crippen LogP contribution < -0.4 is 0 Å². The molecule has 2 aromatic rings. The van der Waals surface area contributed by atoms with Gasteiger partial charge in [-0.1, -0.05) is 24.3 Å². The highest BCUT2D eigenvalue weighted by atomic mass is 19.4. The van der Waals surface area contributed by atoms with Gasteiger partial charge in [-0.15, -0.1) is 0 Å². The Morgan fingerprint density at radius 2 is 1.61 bits per heavy atom. The molecule has 0 aliphatic heterocycles. The summed E-state index contributed by atoms with van der Waals surface area (Å²) in [4.78, 5) is 22.1. The Bertz CT molecular complexity index is 747. The number of ketones is 1. The van der Waals surface area contributed by atoms with Crippen LogP contribution in [-0.2, 0) is 17.4 Å². The van der Waals surface area contributed by atoms with E-state index in [-0.39, 0.29) is 17.5 Å². The van der Waals surface area contributed by atoms with Crippen LogP contribution in [0.25, 0.3) is 11.1 Å². The predicted molar refractivity (Wildman–Crippen MR) is 78.2 cm³/mol. The van der Waals surface area contributed by atoms with Crippen molar-refractivity contribution in [3.8, 4) is 11.1 Å². The van der Waals surface area contributed by atoms with E-state index in [4.69, 9.17) is 5.11 Å². The van der Waals surface area contributed by atoms with Crippen molar-refractivity contribution in [2.24, 2.45) is 0 Å². The lowest BCUT2D eigenvalue weighted by Gasteiger charge is -2.11. The number of carbonyl (C=O) groups excluding carboxylic acids is 1. The number of hydrogen-bond acceptors (Lipinski definition) is 2. The van der Waals surface area contributed by atoms with Gasteiger partial charge in [0.15, 0.2) is 5.78 Å². The van der Waals surface area contributed by atoms with E-state index in [9.17, 15) is 22.8 Å². The first-order valence-electron chi connectivity index (χ1n) is 6.71. The standard InChI is InChI=1S/C17H13F3O3/c1-10(21)13-7-14(9-15(8-13)17(18,19)20)12-4-2-11(3-5-12)6-16(22)23/h2-5,7-9H,6H2,1H3,(H,22,23). The maximum atomic E-state index is 13.0. The Balaban J connectivity index is 2.47. The monoisotopic (exact) mass is 322 g/mol. The van der Waals surface area contributed by atoms with E-state index in [0.29, 0.717) is 11.1 Å². The molecule has 0 amide bonds. The van der Waals surface area contributed by atoms with Crippen LogP contribution in [0.2, 0.25) is 0 Å². The first-order valence-corrected chi connectivity index (χ1v) is 6.71. The zero-order valence-corrected chi connectivity index (χ0v) is 12.1. The summed E-state index contributed by atoms with van der Waals surface area (Å²) in [5.41, 5.74) is 0.360. The first-order chi connectivity index (χ1) is 10.7. The van der Waals surface area contributed by atoms with Crippen molar-refractivity contribution in [2.45, 2.75) is 19.5 Å². The summed E-state index contributed by atoms with van der Waals surface area (Å²) in [7, 11) is 0. The molecular formula is C17H13F3O3. The fraction of sp³-hybridized carbons (Fsp3) is 0.176. The summed E-state index contributed by atoms with van der Waals surface area (Å²) in [6, 6.07) is 9.34. The van der Waals surface area contributed by atoms with Crippen molar-refractivity contribution >= 4 is 11.8 Å². The van der Waals surface area contributed by atoms with Gasteiger partial charge in [0.1, 0.15) is 0 Å². The van der Waals surface area contributed by atoms with Crippen molar-refractivity contribution in [3.63, 3.8) is 0 Å². The minimum absolute atomic E-state index is 0.0237. The van der Waals surface area contributed by atoms with Gasteiger partial charge in [-0.2, -0.15) is 13.2 Å². The molecule has 2 rings (SSSR count). The van der Waals surface area contributed by atoms with Crippen molar-refractivity contribution in [1.82, 2.24) is 0 Å². The van der Waals surface area contributed by atoms with E-state index < -0.39 is 23.5 Å². The largest absolute Gasteiger partial charge is 0.481 e. The van der Waals surface area contributed by atoms with Crippen LogP contribution in [0.3, 0.4) is 0 Å². The molecule has 0 saturated heterocycles. The van der Waals surface area contributed by atoms with Crippen LogP contribution >= 0.6 is 0 Å². The Hall–Kier alpha value is -2.63. The summed E-state index contributed by atoms with van der Waals surface area (Å²) in [5, 5.41) is 8.71. The van der Waals surface area contributed by atoms with Gasteiger partial charge in [0, 0.05) is 5.56 Å². The second kappa shape index (κ2) is 6.24. The van der Waals surface area contributed by atoms with Gasteiger partial charge in [-0.3, -0.25) is 9.59 Å². The second-order valence-electron chi connectivity index (χ2n) is 5.12. The molecule has 0 atom stereocenters. The lowest BCUT2D eigenvalue weighted by molar-refractivity contribution is -0.138. The fourth-order valence-corrected chi connectivity index (χ4v) is 2.15. The molecule has 3 nitrogen and oxygen atoms in total. The third-order valence-corrected chi connectivity index (χ3v) is 3.31. The lowest BCUT2D eigenvalue weighted by Crippen LogP contribution is -2.07. The van der Waals surface area contributed by atoms with Crippen LogP contribution in [0.4, 0.5) is 13.2 Å². The van der Waals surface area contributed by atoms with Gasteiger partial charge in [-0.05, 0) is 41.8 Å². The number of halogens is 3. The Kier molecular flexibility index (Phi) is 4.54. The third kappa shape index (κ3) is 4.18. The highest BCUT2D eigenvalue weighted by molar-refractivity contribution is 5.95. The molecule has 120 valence electrons. The SMILES string of the molecule is CC(=O)c1cc(-c2ccc(CC(=O)O)cc2)cc(C(F)(F)F)c1. The van der Waals surface area contributed by atoms with Gasteiger partial charge in [0.05, 0.1) is 12.0 Å². The topological polar surface area (TPSA) is 54.4 Å². The highest BCUT2D eigenvalue weighted by Gasteiger charge is 2.31. The average molecular weight is 322 g/mol. The van der Waals surface area contributed by atoms with Crippen LogP contribution in [0.15, 0.2) is 42.5 Å².